The summed E-state index contributed by atoms with van der Waals surface area (Å²) in [6.07, 6.45) is 0. The maximum Gasteiger partial charge on any atom is 0.340 e. The number of carbonyl (C=O) groups is 1. The summed E-state index contributed by atoms with van der Waals surface area (Å²) in [6, 6.07) is 6.20. The van der Waals surface area contributed by atoms with E-state index < -0.39 is 0 Å². The number of nitrogens with zero attached hydrogens (tertiary/aromatic N) is 2. The molecule has 5 nitrogen and oxygen atoms in total. The lowest BCUT2D eigenvalue weighted by molar-refractivity contribution is 0.0527. The Bertz CT molecular complexity index is 717. The Morgan fingerprint density at radius 2 is 2.00 bits per heavy atom. The molecule has 2 rings (SSSR count). The van der Waals surface area contributed by atoms with Gasteiger partial charge in [0.15, 0.2) is 0 Å². The number of rotatable bonds is 7. The predicted octanol–water partition coefficient (Wildman–Crippen LogP) is 3.65. The lowest BCUT2D eigenvalue weighted by Crippen LogP contribution is -2.19. The first-order valence-corrected chi connectivity index (χ1v) is 8.46. The van der Waals surface area contributed by atoms with E-state index in [0.717, 1.165) is 28.9 Å². The highest BCUT2D eigenvalue weighted by atomic mass is 16.5. The number of ether oxygens (including phenoxy) is 2. The molecule has 5 heteroatoms. The topological polar surface area (TPSA) is 43.7 Å². The van der Waals surface area contributed by atoms with Crippen molar-refractivity contribution in [1.29, 1.82) is 0 Å². The molecule has 0 unspecified atom stereocenters. The van der Waals surface area contributed by atoms with Crippen molar-refractivity contribution >= 4 is 16.9 Å². The number of hydrogen-bond acceptors (Lipinski definition) is 4. The molecule has 0 fully saturated rings. The van der Waals surface area contributed by atoms with Crippen LogP contribution < -0.4 is 4.74 Å². The minimum atomic E-state index is -0.273. The van der Waals surface area contributed by atoms with Gasteiger partial charge in [0.1, 0.15) is 12.4 Å². The third-order valence-corrected chi connectivity index (χ3v) is 4.02. The van der Waals surface area contributed by atoms with Crippen LogP contribution in [-0.4, -0.2) is 49.3 Å². The van der Waals surface area contributed by atoms with E-state index in [1.807, 2.05) is 46.1 Å². The number of hydrogen-bond donors (Lipinski definition) is 0. The van der Waals surface area contributed by atoms with Gasteiger partial charge in [-0.1, -0.05) is 0 Å². The van der Waals surface area contributed by atoms with Gasteiger partial charge in [0, 0.05) is 29.2 Å². The highest BCUT2D eigenvalue weighted by Gasteiger charge is 2.22. The van der Waals surface area contributed by atoms with Gasteiger partial charge in [0.05, 0.1) is 12.2 Å². The van der Waals surface area contributed by atoms with Gasteiger partial charge >= 0.3 is 5.97 Å². The minimum Gasteiger partial charge on any atom is -0.492 e. The number of esters is 1. The number of aromatic nitrogens is 1. The van der Waals surface area contributed by atoms with E-state index in [2.05, 4.69) is 23.3 Å². The van der Waals surface area contributed by atoms with Crippen molar-refractivity contribution in [2.45, 2.75) is 33.7 Å². The Morgan fingerprint density at radius 1 is 1.29 bits per heavy atom. The molecule has 24 heavy (non-hydrogen) atoms. The summed E-state index contributed by atoms with van der Waals surface area (Å²) in [5.74, 6) is 0.501. The van der Waals surface area contributed by atoms with E-state index in [-0.39, 0.29) is 12.0 Å². The van der Waals surface area contributed by atoms with Crippen LogP contribution in [-0.2, 0) is 4.74 Å². The zero-order valence-electron chi connectivity index (χ0n) is 15.5. The fraction of sp³-hybridized carbons (Fsp3) is 0.526. The van der Waals surface area contributed by atoms with Gasteiger partial charge in [0.2, 0.25) is 0 Å². The highest BCUT2D eigenvalue weighted by molar-refractivity contribution is 6.06. The molecule has 0 spiro atoms. The number of carbonyl (C=O) groups excluding carboxylic acids is 1. The van der Waals surface area contributed by atoms with E-state index in [1.165, 1.54) is 0 Å². The molecule has 0 aliphatic heterocycles. The molecule has 1 heterocycles. The molecule has 0 bridgehead atoms. The average molecular weight is 332 g/mol. The van der Waals surface area contributed by atoms with Crippen LogP contribution in [0.2, 0.25) is 0 Å². The summed E-state index contributed by atoms with van der Waals surface area (Å²) in [7, 11) is 4.02. The summed E-state index contributed by atoms with van der Waals surface area (Å²) in [5, 5.41) is 0.891. The van der Waals surface area contributed by atoms with Crippen LogP contribution in [0.15, 0.2) is 18.2 Å². The molecule has 0 amide bonds. The van der Waals surface area contributed by atoms with E-state index in [4.69, 9.17) is 9.47 Å². The first kappa shape index (κ1) is 18.3. The zero-order chi connectivity index (χ0) is 17.9. The Labute approximate surface area is 144 Å². The summed E-state index contributed by atoms with van der Waals surface area (Å²) in [4.78, 5) is 14.5. The molecular weight excluding hydrogens is 304 g/mol. The molecule has 0 radical (unpaired) electrons. The summed E-state index contributed by atoms with van der Waals surface area (Å²) in [6.45, 7) is 9.84. The van der Waals surface area contributed by atoms with E-state index >= 15 is 0 Å². The van der Waals surface area contributed by atoms with Crippen molar-refractivity contribution < 1.29 is 14.3 Å². The molecule has 2 aromatic rings. The maximum atomic E-state index is 12.4. The lowest BCUT2D eigenvalue weighted by Gasteiger charge is -2.13. The van der Waals surface area contributed by atoms with Gasteiger partial charge in [-0.2, -0.15) is 0 Å². The van der Waals surface area contributed by atoms with Gasteiger partial charge in [-0.15, -0.1) is 0 Å². The van der Waals surface area contributed by atoms with Crippen LogP contribution in [0.3, 0.4) is 0 Å². The third-order valence-electron chi connectivity index (χ3n) is 4.02. The molecule has 0 atom stereocenters. The van der Waals surface area contributed by atoms with Crippen LogP contribution in [0.5, 0.6) is 5.75 Å². The zero-order valence-corrected chi connectivity index (χ0v) is 15.5. The first-order chi connectivity index (χ1) is 11.4. The second-order valence-electron chi connectivity index (χ2n) is 6.48. The second-order valence-corrected chi connectivity index (χ2v) is 6.48. The fourth-order valence-corrected chi connectivity index (χ4v) is 2.98. The largest absolute Gasteiger partial charge is 0.492 e. The Hall–Kier alpha value is -2.01. The fourth-order valence-electron chi connectivity index (χ4n) is 2.98. The molecule has 1 aromatic heterocycles. The van der Waals surface area contributed by atoms with Gasteiger partial charge in [-0.25, -0.2) is 4.79 Å². The lowest BCUT2D eigenvalue weighted by atomic mass is 10.1. The molecule has 132 valence electrons. The number of fused-ring (bicyclic) bond motifs is 1. The quantitative estimate of drug-likeness (QED) is 0.726. The molecular formula is C19H28N2O3. The average Bonchev–Trinajstić information content (AvgIpc) is 2.78. The van der Waals surface area contributed by atoms with Crippen LogP contribution in [0.1, 0.15) is 42.9 Å². The minimum absolute atomic E-state index is 0.260. The van der Waals surface area contributed by atoms with Crippen molar-refractivity contribution in [2.24, 2.45) is 0 Å². The molecule has 0 N–H and O–H groups in total. The SMILES string of the molecule is CCOC(=O)c1c(C)n(C(C)C)c2ccc(OCCN(C)C)cc12. The normalized spacial score (nSPS) is 11.5. The molecule has 0 aliphatic rings. The van der Waals surface area contributed by atoms with E-state index in [9.17, 15) is 4.79 Å². The van der Waals surface area contributed by atoms with Crippen molar-refractivity contribution in [3.8, 4) is 5.75 Å². The molecule has 0 saturated carbocycles. The van der Waals surface area contributed by atoms with Crippen molar-refractivity contribution in [2.75, 3.05) is 33.9 Å². The molecule has 0 aliphatic carbocycles. The maximum absolute atomic E-state index is 12.4. The van der Waals surface area contributed by atoms with Crippen molar-refractivity contribution in [3.05, 3.63) is 29.5 Å². The summed E-state index contributed by atoms with van der Waals surface area (Å²) >= 11 is 0. The Morgan fingerprint density at radius 3 is 2.58 bits per heavy atom. The van der Waals surface area contributed by atoms with Crippen LogP contribution in [0.4, 0.5) is 0 Å². The molecule has 0 saturated heterocycles. The van der Waals surface area contributed by atoms with Crippen molar-refractivity contribution in [3.63, 3.8) is 0 Å². The van der Waals surface area contributed by atoms with Gasteiger partial charge in [0.25, 0.3) is 0 Å². The van der Waals surface area contributed by atoms with E-state index in [0.29, 0.717) is 18.8 Å². The van der Waals surface area contributed by atoms with Crippen LogP contribution in [0.25, 0.3) is 10.9 Å². The van der Waals surface area contributed by atoms with Gasteiger partial charge in [-0.05, 0) is 60.0 Å². The summed E-state index contributed by atoms with van der Waals surface area (Å²) < 4.78 is 13.3. The smallest absolute Gasteiger partial charge is 0.340 e. The monoisotopic (exact) mass is 332 g/mol. The number of likely N-dealkylation sites (N-methyl/N-ethyl adjacent to an activating group) is 1. The van der Waals surface area contributed by atoms with Crippen molar-refractivity contribution in [1.82, 2.24) is 9.47 Å². The van der Waals surface area contributed by atoms with E-state index in [1.54, 1.807) is 0 Å². The van der Waals surface area contributed by atoms with Gasteiger partial charge in [-0.3, -0.25) is 0 Å². The van der Waals surface area contributed by atoms with Gasteiger partial charge < -0.3 is 18.9 Å². The third kappa shape index (κ3) is 3.73. The highest BCUT2D eigenvalue weighted by Crippen LogP contribution is 2.32. The Balaban J connectivity index is 2.48. The Kier molecular flexibility index (Phi) is 5.89. The molecule has 1 aromatic carbocycles. The predicted molar refractivity (Wildman–Crippen MR) is 97.1 cm³/mol. The summed E-state index contributed by atoms with van der Waals surface area (Å²) in [5.41, 5.74) is 2.60. The first-order valence-electron chi connectivity index (χ1n) is 8.46. The van der Waals surface area contributed by atoms with Crippen LogP contribution in [0, 0.1) is 6.92 Å². The van der Waals surface area contributed by atoms with Crippen LogP contribution >= 0.6 is 0 Å². The standard InChI is InChI=1S/C19H28N2O3/c1-7-23-19(22)18-14(4)21(13(2)3)17-9-8-15(12-16(17)18)24-11-10-20(5)6/h8-9,12-13H,7,10-11H2,1-6H3. The second kappa shape index (κ2) is 7.71. The number of benzene rings is 1.